The Labute approximate surface area is 125 Å². The Morgan fingerprint density at radius 2 is 2.05 bits per heavy atom. The molecule has 0 bridgehead atoms. The molecular weight excluding hydrogens is 300 g/mol. The van der Waals surface area contributed by atoms with Crippen molar-refractivity contribution in [3.8, 4) is 0 Å². The fourth-order valence-corrected chi connectivity index (χ4v) is 3.57. The average Bonchev–Trinajstić information content (AvgIpc) is 2.90. The molecule has 0 saturated carbocycles. The predicted octanol–water partition coefficient (Wildman–Crippen LogP) is 3.58. The number of halogens is 1. The van der Waals surface area contributed by atoms with E-state index in [2.05, 4.69) is 58.9 Å². The summed E-state index contributed by atoms with van der Waals surface area (Å²) in [6, 6.07) is 9.36. The van der Waals surface area contributed by atoms with Gasteiger partial charge in [-0.1, -0.05) is 35.0 Å². The van der Waals surface area contributed by atoms with Gasteiger partial charge in [0, 0.05) is 22.6 Å². The highest BCUT2D eigenvalue weighted by Crippen LogP contribution is 2.30. The molecule has 1 aliphatic heterocycles. The molecule has 3 heteroatoms. The summed E-state index contributed by atoms with van der Waals surface area (Å²) < 4.78 is 1.14. The SMILES string of the molecule is CCC1CCCN1C(C)(CN)Cc1ccc(Br)cc1. The molecule has 1 fully saturated rings. The number of hydrogen-bond donors (Lipinski definition) is 1. The fourth-order valence-electron chi connectivity index (χ4n) is 3.30. The van der Waals surface area contributed by atoms with Crippen molar-refractivity contribution in [3.63, 3.8) is 0 Å². The lowest BCUT2D eigenvalue weighted by atomic mass is 9.90. The van der Waals surface area contributed by atoms with Gasteiger partial charge in [-0.15, -0.1) is 0 Å². The second-order valence-electron chi connectivity index (χ2n) is 5.90. The Bertz CT molecular complexity index is 404. The minimum atomic E-state index is 0.0883. The van der Waals surface area contributed by atoms with Gasteiger partial charge >= 0.3 is 0 Å². The predicted molar refractivity (Wildman–Crippen MR) is 85.3 cm³/mol. The van der Waals surface area contributed by atoms with Crippen LogP contribution in [0.2, 0.25) is 0 Å². The Balaban J connectivity index is 2.15. The smallest absolute Gasteiger partial charge is 0.0346 e. The van der Waals surface area contributed by atoms with E-state index in [1.54, 1.807) is 0 Å². The number of likely N-dealkylation sites (tertiary alicyclic amines) is 1. The van der Waals surface area contributed by atoms with E-state index >= 15 is 0 Å². The molecule has 19 heavy (non-hydrogen) atoms. The van der Waals surface area contributed by atoms with Crippen LogP contribution in [0.15, 0.2) is 28.7 Å². The largest absolute Gasteiger partial charge is 0.329 e. The fraction of sp³-hybridized carbons (Fsp3) is 0.625. The van der Waals surface area contributed by atoms with Crippen LogP contribution in [0.5, 0.6) is 0 Å². The summed E-state index contributed by atoms with van der Waals surface area (Å²) in [5, 5.41) is 0. The second-order valence-corrected chi connectivity index (χ2v) is 6.82. The molecule has 1 saturated heterocycles. The maximum absolute atomic E-state index is 6.13. The first-order valence-corrected chi connectivity index (χ1v) is 8.09. The van der Waals surface area contributed by atoms with Crippen molar-refractivity contribution < 1.29 is 0 Å². The molecule has 106 valence electrons. The van der Waals surface area contributed by atoms with Crippen LogP contribution in [0.25, 0.3) is 0 Å². The molecule has 2 nitrogen and oxygen atoms in total. The van der Waals surface area contributed by atoms with Gasteiger partial charge in [-0.2, -0.15) is 0 Å². The summed E-state index contributed by atoms with van der Waals surface area (Å²) in [5.41, 5.74) is 7.59. The molecule has 0 radical (unpaired) electrons. The van der Waals surface area contributed by atoms with Gasteiger partial charge in [0.2, 0.25) is 0 Å². The summed E-state index contributed by atoms with van der Waals surface area (Å²) in [6.07, 6.45) is 4.91. The first kappa shape index (κ1) is 15.0. The van der Waals surface area contributed by atoms with Crippen LogP contribution < -0.4 is 5.73 Å². The highest BCUT2D eigenvalue weighted by atomic mass is 79.9. The van der Waals surface area contributed by atoms with Gasteiger partial charge in [0.15, 0.2) is 0 Å². The van der Waals surface area contributed by atoms with Gasteiger partial charge in [-0.25, -0.2) is 0 Å². The van der Waals surface area contributed by atoms with Crippen LogP contribution in [0.3, 0.4) is 0 Å². The highest BCUT2D eigenvalue weighted by molar-refractivity contribution is 9.10. The van der Waals surface area contributed by atoms with Crippen LogP contribution in [-0.2, 0) is 6.42 Å². The number of nitrogens with two attached hydrogens (primary N) is 1. The van der Waals surface area contributed by atoms with Gasteiger partial charge in [-0.05, 0) is 56.8 Å². The molecule has 2 N–H and O–H groups in total. The van der Waals surface area contributed by atoms with Crippen molar-refractivity contribution >= 4 is 15.9 Å². The summed E-state index contributed by atoms with van der Waals surface area (Å²) in [6.45, 7) is 6.53. The minimum Gasteiger partial charge on any atom is -0.329 e. The van der Waals surface area contributed by atoms with Crippen molar-refractivity contribution in [2.75, 3.05) is 13.1 Å². The van der Waals surface area contributed by atoms with Gasteiger partial charge in [0.05, 0.1) is 0 Å². The number of nitrogens with zero attached hydrogens (tertiary/aromatic N) is 1. The van der Waals surface area contributed by atoms with E-state index in [0.717, 1.165) is 17.4 Å². The molecule has 2 unspecified atom stereocenters. The zero-order valence-corrected chi connectivity index (χ0v) is 13.6. The van der Waals surface area contributed by atoms with Crippen molar-refractivity contribution in [1.29, 1.82) is 0 Å². The molecule has 1 heterocycles. The lowest BCUT2D eigenvalue weighted by Crippen LogP contribution is -2.55. The summed E-state index contributed by atoms with van der Waals surface area (Å²) in [4.78, 5) is 2.65. The highest BCUT2D eigenvalue weighted by Gasteiger charge is 2.37. The van der Waals surface area contributed by atoms with Crippen molar-refractivity contribution in [3.05, 3.63) is 34.3 Å². The zero-order valence-electron chi connectivity index (χ0n) is 12.0. The van der Waals surface area contributed by atoms with Crippen LogP contribution in [-0.4, -0.2) is 29.6 Å². The number of benzene rings is 1. The number of hydrogen-bond acceptors (Lipinski definition) is 2. The maximum atomic E-state index is 6.13. The maximum Gasteiger partial charge on any atom is 0.0346 e. The van der Waals surface area contributed by atoms with Crippen molar-refractivity contribution in [2.24, 2.45) is 5.73 Å². The lowest BCUT2D eigenvalue weighted by Gasteiger charge is -2.42. The summed E-state index contributed by atoms with van der Waals surface area (Å²) in [5.74, 6) is 0. The van der Waals surface area contributed by atoms with E-state index in [9.17, 15) is 0 Å². The molecular formula is C16H25BrN2. The van der Waals surface area contributed by atoms with E-state index < -0.39 is 0 Å². The van der Waals surface area contributed by atoms with Crippen molar-refractivity contribution in [2.45, 2.75) is 51.1 Å². The number of rotatable bonds is 5. The van der Waals surface area contributed by atoms with Crippen LogP contribution in [0, 0.1) is 0 Å². The molecule has 1 aromatic carbocycles. The Morgan fingerprint density at radius 3 is 2.63 bits per heavy atom. The monoisotopic (exact) mass is 324 g/mol. The van der Waals surface area contributed by atoms with Gasteiger partial charge < -0.3 is 5.73 Å². The first-order chi connectivity index (χ1) is 9.09. The van der Waals surface area contributed by atoms with Crippen molar-refractivity contribution in [1.82, 2.24) is 4.90 Å². The Hall–Kier alpha value is -0.380. The summed E-state index contributed by atoms with van der Waals surface area (Å²) >= 11 is 3.49. The third-order valence-corrected chi connectivity index (χ3v) is 5.01. The molecule has 2 rings (SSSR count). The zero-order chi connectivity index (χ0) is 13.9. The molecule has 2 atom stereocenters. The van der Waals surface area contributed by atoms with E-state index in [0.29, 0.717) is 6.04 Å². The Morgan fingerprint density at radius 1 is 1.37 bits per heavy atom. The topological polar surface area (TPSA) is 29.3 Å². The molecule has 0 amide bonds. The Kier molecular flexibility index (Phi) is 5.04. The quantitative estimate of drug-likeness (QED) is 0.896. The van der Waals surface area contributed by atoms with Gasteiger partial charge in [0.1, 0.15) is 0 Å². The van der Waals surface area contributed by atoms with E-state index in [-0.39, 0.29) is 5.54 Å². The van der Waals surface area contributed by atoms with Crippen LogP contribution >= 0.6 is 15.9 Å². The third-order valence-electron chi connectivity index (χ3n) is 4.48. The first-order valence-electron chi connectivity index (χ1n) is 7.30. The molecule has 0 aliphatic carbocycles. The minimum absolute atomic E-state index is 0.0883. The standard InChI is InChI=1S/C16H25BrN2/c1-3-15-5-4-10-19(15)16(2,12-18)11-13-6-8-14(17)9-7-13/h6-9,15H,3-5,10-12,18H2,1-2H3. The lowest BCUT2D eigenvalue weighted by molar-refractivity contribution is 0.0935. The van der Waals surface area contributed by atoms with Gasteiger partial charge in [0.25, 0.3) is 0 Å². The van der Waals surface area contributed by atoms with Crippen LogP contribution in [0.4, 0.5) is 0 Å². The third kappa shape index (κ3) is 3.39. The molecule has 0 aromatic heterocycles. The average molecular weight is 325 g/mol. The van der Waals surface area contributed by atoms with E-state index in [4.69, 9.17) is 5.73 Å². The van der Waals surface area contributed by atoms with E-state index in [1.807, 2.05) is 0 Å². The second kappa shape index (κ2) is 6.38. The van der Waals surface area contributed by atoms with Crippen LogP contribution in [0.1, 0.15) is 38.7 Å². The summed E-state index contributed by atoms with van der Waals surface area (Å²) in [7, 11) is 0. The molecule has 1 aromatic rings. The molecule has 0 spiro atoms. The molecule has 1 aliphatic rings. The van der Waals surface area contributed by atoms with Gasteiger partial charge in [-0.3, -0.25) is 4.90 Å². The normalized spacial score (nSPS) is 23.5. The van der Waals surface area contributed by atoms with E-state index in [1.165, 1.54) is 31.4 Å².